The summed E-state index contributed by atoms with van der Waals surface area (Å²) in [7, 11) is -3.31. The maximum Gasteiger partial charge on any atom is 0.274 e. The fourth-order valence-electron chi connectivity index (χ4n) is 2.35. The molecule has 1 amide bonds. The predicted molar refractivity (Wildman–Crippen MR) is 90.5 cm³/mol. The SMILES string of the molecule is O=C(c1cnc(OCc2ccccc2)cn1)N1CCNS(=O)(=O)CC1. The van der Waals surface area contributed by atoms with Crippen LogP contribution in [0.15, 0.2) is 42.7 Å². The zero-order valence-corrected chi connectivity index (χ0v) is 14.3. The highest BCUT2D eigenvalue weighted by atomic mass is 32.2. The predicted octanol–water partition coefficient (Wildman–Crippen LogP) is 0.431. The molecule has 0 unspecified atom stereocenters. The van der Waals surface area contributed by atoms with Crippen LogP contribution < -0.4 is 9.46 Å². The molecule has 132 valence electrons. The Balaban J connectivity index is 1.60. The van der Waals surface area contributed by atoms with Gasteiger partial charge in [-0.3, -0.25) is 4.79 Å². The molecule has 1 aliphatic heterocycles. The third kappa shape index (κ3) is 4.74. The first-order valence-electron chi connectivity index (χ1n) is 7.79. The van der Waals surface area contributed by atoms with Gasteiger partial charge in [0.05, 0.1) is 18.1 Å². The van der Waals surface area contributed by atoms with Crippen LogP contribution in [0.5, 0.6) is 5.88 Å². The molecule has 1 aromatic heterocycles. The zero-order valence-electron chi connectivity index (χ0n) is 13.5. The van der Waals surface area contributed by atoms with Crippen molar-refractivity contribution in [1.29, 1.82) is 0 Å². The van der Waals surface area contributed by atoms with E-state index in [-0.39, 0.29) is 30.4 Å². The number of carbonyl (C=O) groups excluding carboxylic acids is 1. The number of nitrogens with zero attached hydrogens (tertiary/aromatic N) is 3. The number of carbonyl (C=O) groups is 1. The Labute approximate surface area is 145 Å². The van der Waals surface area contributed by atoms with Crippen LogP contribution >= 0.6 is 0 Å². The summed E-state index contributed by atoms with van der Waals surface area (Å²) in [6.45, 7) is 0.979. The molecular formula is C16H18N4O4S. The highest BCUT2D eigenvalue weighted by molar-refractivity contribution is 7.89. The summed E-state index contributed by atoms with van der Waals surface area (Å²) in [4.78, 5) is 22.0. The minimum absolute atomic E-state index is 0.121. The molecule has 9 heteroatoms. The molecule has 1 aliphatic rings. The number of aromatic nitrogens is 2. The number of sulfonamides is 1. The van der Waals surface area contributed by atoms with Crippen molar-refractivity contribution >= 4 is 15.9 Å². The van der Waals surface area contributed by atoms with Crippen LogP contribution in [0.3, 0.4) is 0 Å². The third-order valence-electron chi connectivity index (χ3n) is 3.70. The van der Waals surface area contributed by atoms with Gasteiger partial charge in [-0.1, -0.05) is 30.3 Å². The normalized spacial score (nSPS) is 16.9. The van der Waals surface area contributed by atoms with Crippen molar-refractivity contribution in [2.45, 2.75) is 6.61 Å². The number of benzene rings is 1. The fourth-order valence-corrected chi connectivity index (χ4v) is 3.36. The van der Waals surface area contributed by atoms with E-state index in [2.05, 4.69) is 14.7 Å². The van der Waals surface area contributed by atoms with E-state index in [1.54, 1.807) is 0 Å². The van der Waals surface area contributed by atoms with Gasteiger partial charge >= 0.3 is 0 Å². The Bertz CT molecular complexity index is 825. The number of amides is 1. The van der Waals surface area contributed by atoms with Gasteiger partial charge in [0.15, 0.2) is 0 Å². The van der Waals surface area contributed by atoms with Crippen LogP contribution in [0.1, 0.15) is 16.1 Å². The Morgan fingerprint density at radius 1 is 1.16 bits per heavy atom. The Morgan fingerprint density at radius 2 is 1.96 bits per heavy atom. The van der Waals surface area contributed by atoms with Crippen molar-refractivity contribution in [2.75, 3.05) is 25.4 Å². The zero-order chi connectivity index (χ0) is 17.7. The molecule has 25 heavy (non-hydrogen) atoms. The molecule has 3 rings (SSSR count). The lowest BCUT2D eigenvalue weighted by atomic mass is 10.2. The summed E-state index contributed by atoms with van der Waals surface area (Å²) >= 11 is 0. The molecule has 0 bridgehead atoms. The van der Waals surface area contributed by atoms with E-state index in [1.165, 1.54) is 17.3 Å². The Morgan fingerprint density at radius 3 is 2.68 bits per heavy atom. The van der Waals surface area contributed by atoms with E-state index >= 15 is 0 Å². The summed E-state index contributed by atoms with van der Waals surface area (Å²) in [5, 5.41) is 0. The second-order valence-electron chi connectivity index (χ2n) is 5.52. The average molecular weight is 362 g/mol. The summed E-state index contributed by atoms with van der Waals surface area (Å²) in [6.07, 6.45) is 2.73. The topological polar surface area (TPSA) is 101 Å². The maximum atomic E-state index is 12.4. The van der Waals surface area contributed by atoms with Gasteiger partial charge in [0.2, 0.25) is 15.9 Å². The molecule has 0 atom stereocenters. The van der Waals surface area contributed by atoms with Gasteiger partial charge in [-0.2, -0.15) is 0 Å². The lowest BCUT2D eigenvalue weighted by molar-refractivity contribution is 0.0765. The molecule has 0 spiro atoms. The lowest BCUT2D eigenvalue weighted by Gasteiger charge is -2.18. The van der Waals surface area contributed by atoms with Gasteiger partial charge in [0.25, 0.3) is 5.91 Å². The van der Waals surface area contributed by atoms with Crippen LogP contribution in [0.25, 0.3) is 0 Å². The van der Waals surface area contributed by atoms with E-state index in [0.29, 0.717) is 19.0 Å². The molecule has 0 radical (unpaired) electrons. The van der Waals surface area contributed by atoms with E-state index in [0.717, 1.165) is 5.56 Å². The second-order valence-corrected chi connectivity index (χ2v) is 7.45. The monoisotopic (exact) mass is 362 g/mol. The first-order valence-corrected chi connectivity index (χ1v) is 9.44. The summed E-state index contributed by atoms with van der Waals surface area (Å²) in [6, 6.07) is 9.64. The minimum Gasteiger partial charge on any atom is -0.472 e. The summed E-state index contributed by atoms with van der Waals surface area (Å²) in [5.41, 5.74) is 1.16. The van der Waals surface area contributed by atoms with Crippen molar-refractivity contribution < 1.29 is 17.9 Å². The molecule has 0 aliphatic carbocycles. The molecule has 1 saturated heterocycles. The standard InChI is InChI=1S/C16H18N4O4S/c21-16(20-7-6-19-25(22,23)9-8-20)14-10-18-15(11-17-14)24-12-13-4-2-1-3-5-13/h1-5,10-11,19H,6-9,12H2. The molecule has 2 aromatic rings. The third-order valence-corrected chi connectivity index (χ3v) is 5.06. The molecule has 1 fully saturated rings. The van der Waals surface area contributed by atoms with Crippen molar-refractivity contribution in [2.24, 2.45) is 0 Å². The van der Waals surface area contributed by atoms with Gasteiger partial charge in [-0.15, -0.1) is 0 Å². The largest absolute Gasteiger partial charge is 0.472 e. The number of nitrogens with one attached hydrogen (secondary N) is 1. The van der Waals surface area contributed by atoms with Gasteiger partial charge in [0.1, 0.15) is 12.3 Å². The van der Waals surface area contributed by atoms with Crippen LogP contribution in [-0.2, 0) is 16.6 Å². The second kappa shape index (κ2) is 7.58. The molecule has 8 nitrogen and oxygen atoms in total. The molecular weight excluding hydrogens is 344 g/mol. The van der Waals surface area contributed by atoms with Crippen LogP contribution in [0.2, 0.25) is 0 Å². The van der Waals surface area contributed by atoms with Crippen molar-refractivity contribution in [1.82, 2.24) is 19.6 Å². The first kappa shape index (κ1) is 17.3. The number of rotatable bonds is 4. The molecule has 0 saturated carbocycles. The quantitative estimate of drug-likeness (QED) is 0.846. The fraction of sp³-hybridized carbons (Fsp3) is 0.312. The average Bonchev–Trinajstić information content (AvgIpc) is 2.81. The van der Waals surface area contributed by atoms with E-state index in [4.69, 9.17) is 4.74 Å². The van der Waals surface area contributed by atoms with Gasteiger partial charge in [-0.25, -0.2) is 23.1 Å². The highest BCUT2D eigenvalue weighted by Gasteiger charge is 2.23. The van der Waals surface area contributed by atoms with Crippen LogP contribution in [0.4, 0.5) is 0 Å². The summed E-state index contributed by atoms with van der Waals surface area (Å²) < 4.78 is 31.0. The van der Waals surface area contributed by atoms with Gasteiger partial charge in [-0.05, 0) is 5.56 Å². The lowest BCUT2D eigenvalue weighted by Crippen LogP contribution is -2.35. The molecule has 1 N–H and O–H groups in total. The number of hydrogen-bond donors (Lipinski definition) is 1. The van der Waals surface area contributed by atoms with Gasteiger partial charge in [0, 0.05) is 19.6 Å². The smallest absolute Gasteiger partial charge is 0.274 e. The van der Waals surface area contributed by atoms with Crippen molar-refractivity contribution in [3.05, 3.63) is 54.0 Å². The Kier molecular flexibility index (Phi) is 5.25. The maximum absolute atomic E-state index is 12.4. The van der Waals surface area contributed by atoms with E-state index in [9.17, 15) is 13.2 Å². The number of hydrogen-bond acceptors (Lipinski definition) is 6. The molecule has 2 heterocycles. The van der Waals surface area contributed by atoms with Gasteiger partial charge < -0.3 is 9.64 Å². The van der Waals surface area contributed by atoms with E-state index < -0.39 is 10.0 Å². The Hall–Kier alpha value is -2.52. The van der Waals surface area contributed by atoms with Crippen LogP contribution in [0, 0.1) is 0 Å². The molecule has 1 aromatic carbocycles. The van der Waals surface area contributed by atoms with E-state index in [1.807, 2.05) is 30.3 Å². The van der Waals surface area contributed by atoms with Crippen molar-refractivity contribution in [3.8, 4) is 5.88 Å². The highest BCUT2D eigenvalue weighted by Crippen LogP contribution is 2.10. The first-order chi connectivity index (χ1) is 12.0. The summed E-state index contributed by atoms with van der Waals surface area (Å²) in [5.74, 6) is -0.147. The van der Waals surface area contributed by atoms with Crippen LogP contribution in [-0.4, -0.2) is 54.6 Å². The number of ether oxygens (including phenoxy) is 1. The van der Waals surface area contributed by atoms with Crippen molar-refractivity contribution in [3.63, 3.8) is 0 Å². The minimum atomic E-state index is -3.31.